The number of rotatable bonds is 15. The summed E-state index contributed by atoms with van der Waals surface area (Å²) in [5.41, 5.74) is 2.15. The van der Waals surface area contributed by atoms with Crippen molar-refractivity contribution in [3.05, 3.63) is 78.6 Å². The molecule has 0 saturated carbocycles. The maximum absolute atomic E-state index is 12.2. The van der Waals surface area contributed by atoms with Gasteiger partial charge in [-0.15, -0.1) is 0 Å². The molecular weight excluding hydrogens is 400 g/mol. The molecular formula is C27H34N2O3. The summed E-state index contributed by atoms with van der Waals surface area (Å²) in [7, 11) is 0. The lowest BCUT2D eigenvalue weighted by atomic mass is 10.1. The van der Waals surface area contributed by atoms with Gasteiger partial charge in [0, 0.05) is 30.1 Å². The minimum absolute atomic E-state index is 0.0455. The van der Waals surface area contributed by atoms with Gasteiger partial charge in [-0.25, -0.2) is 0 Å². The average molecular weight is 435 g/mol. The van der Waals surface area contributed by atoms with Crippen LogP contribution in [0.25, 0.3) is 0 Å². The fourth-order valence-electron chi connectivity index (χ4n) is 3.09. The Bertz CT molecular complexity index is 904. The lowest BCUT2D eigenvalue weighted by molar-refractivity contribution is -0.112. The fourth-order valence-corrected chi connectivity index (χ4v) is 3.09. The molecule has 0 aliphatic heterocycles. The second-order valence-electron chi connectivity index (χ2n) is 7.62. The smallest absolute Gasteiger partial charge is 0.187 e. The zero-order valence-electron chi connectivity index (χ0n) is 19.1. The van der Waals surface area contributed by atoms with Gasteiger partial charge in [0.2, 0.25) is 0 Å². The van der Waals surface area contributed by atoms with E-state index in [2.05, 4.69) is 17.6 Å². The van der Waals surface area contributed by atoms with Crippen molar-refractivity contribution in [3.8, 4) is 5.75 Å². The van der Waals surface area contributed by atoms with Crippen LogP contribution in [0.5, 0.6) is 5.75 Å². The number of nitrogens with one attached hydrogen (secondary N) is 2. The SMILES string of the molecule is CCCCCCCCOc1ccc(N/C=C/C(=O)c2ccccc2)c(N/C=C/C(C)=O)c1. The van der Waals surface area contributed by atoms with Gasteiger partial charge in [0.25, 0.3) is 0 Å². The van der Waals surface area contributed by atoms with Crippen molar-refractivity contribution in [1.29, 1.82) is 0 Å². The van der Waals surface area contributed by atoms with Crippen molar-refractivity contribution < 1.29 is 14.3 Å². The van der Waals surface area contributed by atoms with E-state index < -0.39 is 0 Å². The van der Waals surface area contributed by atoms with E-state index in [0.29, 0.717) is 12.2 Å². The molecule has 2 aromatic carbocycles. The Kier molecular flexibility index (Phi) is 11.4. The number of benzene rings is 2. The molecule has 32 heavy (non-hydrogen) atoms. The van der Waals surface area contributed by atoms with E-state index >= 15 is 0 Å². The van der Waals surface area contributed by atoms with Crippen LogP contribution in [-0.2, 0) is 4.79 Å². The predicted octanol–water partition coefficient (Wildman–Crippen LogP) is 6.75. The van der Waals surface area contributed by atoms with E-state index in [1.165, 1.54) is 51.2 Å². The first-order valence-electron chi connectivity index (χ1n) is 11.3. The summed E-state index contributed by atoms with van der Waals surface area (Å²) in [5, 5.41) is 6.25. The molecule has 2 N–H and O–H groups in total. The lowest BCUT2D eigenvalue weighted by Crippen LogP contribution is -2.01. The van der Waals surface area contributed by atoms with Gasteiger partial charge in [-0.05, 0) is 31.6 Å². The third-order valence-electron chi connectivity index (χ3n) is 4.85. The molecule has 0 unspecified atom stereocenters. The second-order valence-corrected chi connectivity index (χ2v) is 7.62. The highest BCUT2D eigenvalue weighted by Crippen LogP contribution is 2.27. The standard InChI is InChI=1S/C27H34N2O3/c1-3-4-5-6-7-11-20-32-24-14-15-25(26(21-24)29-18-16-22(2)30)28-19-17-27(31)23-12-9-8-10-13-23/h8-10,12-19,21,28-29H,3-7,11,20H2,1-2H3/b18-16+,19-17+. The Balaban J connectivity index is 1.97. The van der Waals surface area contributed by atoms with Crippen molar-refractivity contribution in [1.82, 2.24) is 0 Å². The van der Waals surface area contributed by atoms with Crippen LogP contribution in [0.2, 0.25) is 0 Å². The maximum atomic E-state index is 12.2. The van der Waals surface area contributed by atoms with E-state index in [9.17, 15) is 9.59 Å². The molecule has 2 rings (SSSR count). The topological polar surface area (TPSA) is 67.4 Å². The van der Waals surface area contributed by atoms with Gasteiger partial charge in [-0.2, -0.15) is 0 Å². The molecule has 0 atom stereocenters. The number of ketones is 2. The third-order valence-corrected chi connectivity index (χ3v) is 4.85. The van der Waals surface area contributed by atoms with Gasteiger partial charge in [0.05, 0.1) is 18.0 Å². The first-order chi connectivity index (χ1) is 15.6. The van der Waals surface area contributed by atoms with Gasteiger partial charge in [-0.3, -0.25) is 9.59 Å². The molecule has 0 aromatic heterocycles. The van der Waals surface area contributed by atoms with Crippen LogP contribution < -0.4 is 15.4 Å². The Hall–Kier alpha value is -3.34. The summed E-state index contributed by atoms with van der Waals surface area (Å²) in [6, 6.07) is 14.8. The van der Waals surface area contributed by atoms with Crippen molar-refractivity contribution in [2.45, 2.75) is 52.4 Å². The fraction of sp³-hybridized carbons (Fsp3) is 0.333. The van der Waals surface area contributed by atoms with E-state index in [1.54, 1.807) is 24.5 Å². The maximum Gasteiger partial charge on any atom is 0.187 e. The Labute approximate surface area is 191 Å². The number of allylic oxidation sites excluding steroid dienone is 2. The summed E-state index contributed by atoms with van der Waals surface area (Å²) < 4.78 is 5.91. The van der Waals surface area contributed by atoms with Crippen molar-refractivity contribution in [2.75, 3.05) is 17.2 Å². The number of ether oxygens (including phenoxy) is 1. The first kappa shape index (κ1) is 24.9. The number of unbranched alkanes of at least 4 members (excludes halogenated alkanes) is 5. The molecule has 0 radical (unpaired) electrons. The van der Waals surface area contributed by atoms with E-state index in [1.807, 2.05) is 36.4 Å². The van der Waals surface area contributed by atoms with Gasteiger partial charge in [0.1, 0.15) is 5.75 Å². The van der Waals surface area contributed by atoms with E-state index in [-0.39, 0.29) is 11.6 Å². The van der Waals surface area contributed by atoms with Gasteiger partial charge in [0.15, 0.2) is 11.6 Å². The van der Waals surface area contributed by atoms with Crippen LogP contribution in [0.4, 0.5) is 11.4 Å². The van der Waals surface area contributed by atoms with Crippen molar-refractivity contribution >= 4 is 22.9 Å². The van der Waals surface area contributed by atoms with Crippen LogP contribution in [0.15, 0.2) is 73.1 Å². The molecule has 0 aliphatic carbocycles. The lowest BCUT2D eigenvalue weighted by Gasteiger charge is -2.13. The average Bonchev–Trinajstić information content (AvgIpc) is 2.80. The summed E-state index contributed by atoms with van der Waals surface area (Å²) >= 11 is 0. The summed E-state index contributed by atoms with van der Waals surface area (Å²) in [6.07, 6.45) is 13.4. The Morgan fingerprint density at radius 1 is 0.844 bits per heavy atom. The van der Waals surface area contributed by atoms with Crippen molar-refractivity contribution in [2.24, 2.45) is 0 Å². The second kappa shape index (κ2) is 14.6. The molecule has 0 fully saturated rings. The number of anilines is 2. The summed E-state index contributed by atoms with van der Waals surface area (Å²) in [6.45, 7) is 4.39. The van der Waals surface area contributed by atoms with Crippen LogP contribution in [0, 0.1) is 0 Å². The molecule has 170 valence electrons. The Morgan fingerprint density at radius 2 is 1.53 bits per heavy atom. The van der Waals surface area contributed by atoms with Crippen LogP contribution >= 0.6 is 0 Å². The number of carbonyl (C=O) groups excluding carboxylic acids is 2. The van der Waals surface area contributed by atoms with Gasteiger partial charge >= 0.3 is 0 Å². The molecule has 0 aliphatic rings. The zero-order chi connectivity index (χ0) is 23.0. The minimum atomic E-state index is -0.0806. The molecule has 0 saturated heterocycles. The molecule has 0 amide bonds. The van der Waals surface area contributed by atoms with Gasteiger partial charge in [-0.1, -0.05) is 69.4 Å². The van der Waals surface area contributed by atoms with E-state index in [0.717, 1.165) is 23.5 Å². The molecule has 5 nitrogen and oxygen atoms in total. The highest BCUT2D eigenvalue weighted by molar-refractivity contribution is 6.04. The normalized spacial score (nSPS) is 11.1. The zero-order valence-corrected chi connectivity index (χ0v) is 19.1. The molecule has 2 aromatic rings. The van der Waals surface area contributed by atoms with Crippen LogP contribution in [0.1, 0.15) is 62.7 Å². The largest absolute Gasteiger partial charge is 0.494 e. The quantitative estimate of drug-likeness (QED) is 0.184. The highest BCUT2D eigenvalue weighted by atomic mass is 16.5. The molecule has 0 bridgehead atoms. The minimum Gasteiger partial charge on any atom is -0.494 e. The molecule has 0 heterocycles. The van der Waals surface area contributed by atoms with Crippen LogP contribution in [0.3, 0.4) is 0 Å². The van der Waals surface area contributed by atoms with Crippen LogP contribution in [-0.4, -0.2) is 18.2 Å². The Morgan fingerprint density at radius 3 is 2.28 bits per heavy atom. The third kappa shape index (κ3) is 9.65. The van der Waals surface area contributed by atoms with E-state index in [4.69, 9.17) is 4.74 Å². The number of hydrogen-bond acceptors (Lipinski definition) is 5. The molecule has 5 heteroatoms. The number of hydrogen-bond donors (Lipinski definition) is 2. The summed E-state index contributed by atoms with van der Waals surface area (Å²) in [4.78, 5) is 23.5. The monoisotopic (exact) mass is 434 g/mol. The predicted molar refractivity (Wildman–Crippen MR) is 132 cm³/mol. The van der Waals surface area contributed by atoms with Gasteiger partial charge < -0.3 is 15.4 Å². The highest BCUT2D eigenvalue weighted by Gasteiger charge is 2.04. The first-order valence-corrected chi connectivity index (χ1v) is 11.3. The van der Waals surface area contributed by atoms with Crippen molar-refractivity contribution in [3.63, 3.8) is 0 Å². The number of carbonyl (C=O) groups is 2. The summed E-state index contributed by atoms with van der Waals surface area (Å²) in [5.74, 6) is 0.631. The molecule has 0 spiro atoms.